The summed E-state index contributed by atoms with van der Waals surface area (Å²) in [7, 11) is 3.71. The van der Waals surface area contributed by atoms with E-state index in [9.17, 15) is 0 Å². The second-order valence-electron chi connectivity index (χ2n) is 3.65. The zero-order valence-corrected chi connectivity index (χ0v) is 9.46. The predicted octanol–water partition coefficient (Wildman–Crippen LogP) is 0.713. The summed E-state index contributed by atoms with van der Waals surface area (Å²) in [4.78, 5) is 1.48. The molecule has 0 aliphatic rings. The minimum absolute atomic E-state index is 0.227. The first kappa shape index (κ1) is 10.8. The van der Waals surface area contributed by atoms with Crippen LogP contribution in [0.1, 0.15) is 17.4 Å². The van der Waals surface area contributed by atoms with Gasteiger partial charge < -0.3 is 5.32 Å². The number of nitrogens with zero attached hydrogens (tertiary/aromatic N) is 4. The van der Waals surface area contributed by atoms with E-state index in [1.165, 1.54) is 10.4 Å². The molecule has 0 bridgehead atoms. The maximum absolute atomic E-state index is 4.18. The van der Waals surface area contributed by atoms with E-state index in [-0.39, 0.29) is 6.04 Å². The van der Waals surface area contributed by atoms with Gasteiger partial charge in [-0.3, -0.25) is 0 Å². The van der Waals surface area contributed by atoms with Crippen LogP contribution in [0.5, 0.6) is 0 Å². The predicted molar refractivity (Wildman–Crippen MR) is 60.7 cm³/mol. The molecule has 5 heteroatoms. The highest BCUT2D eigenvalue weighted by molar-refractivity contribution is 5.19. The summed E-state index contributed by atoms with van der Waals surface area (Å²) in [5, 5.41) is 15.3. The Balaban J connectivity index is 2.12. The first-order valence-electron chi connectivity index (χ1n) is 5.24. The first-order valence-corrected chi connectivity index (χ1v) is 5.24. The molecule has 1 unspecified atom stereocenters. The summed E-state index contributed by atoms with van der Waals surface area (Å²) in [6.07, 6.45) is 0.744. The molecule has 1 aromatic heterocycles. The van der Waals surface area contributed by atoms with Gasteiger partial charge >= 0.3 is 0 Å². The second kappa shape index (κ2) is 4.85. The fourth-order valence-corrected chi connectivity index (χ4v) is 1.66. The van der Waals surface area contributed by atoms with E-state index in [2.05, 4.69) is 32.9 Å². The highest BCUT2D eigenvalue weighted by Crippen LogP contribution is 2.15. The Morgan fingerprint density at radius 2 is 2.06 bits per heavy atom. The van der Waals surface area contributed by atoms with E-state index in [4.69, 9.17) is 0 Å². The van der Waals surface area contributed by atoms with Crippen molar-refractivity contribution in [3.05, 3.63) is 41.7 Å². The molecule has 0 aliphatic heterocycles. The van der Waals surface area contributed by atoms with Crippen LogP contribution < -0.4 is 5.32 Å². The van der Waals surface area contributed by atoms with E-state index in [0.717, 1.165) is 12.2 Å². The SMILES string of the molecule is CNC(Cc1nnn(C)n1)c1ccccc1. The van der Waals surface area contributed by atoms with Crippen molar-refractivity contribution in [1.82, 2.24) is 25.5 Å². The number of tetrazole rings is 1. The number of hydrogen-bond donors (Lipinski definition) is 1. The van der Waals surface area contributed by atoms with E-state index in [1.807, 2.05) is 25.2 Å². The summed E-state index contributed by atoms with van der Waals surface area (Å²) < 4.78 is 0. The van der Waals surface area contributed by atoms with Gasteiger partial charge in [-0.05, 0) is 17.8 Å². The third-order valence-corrected chi connectivity index (χ3v) is 2.49. The summed E-state index contributed by atoms with van der Waals surface area (Å²) in [6, 6.07) is 10.5. The zero-order valence-electron chi connectivity index (χ0n) is 9.46. The Bertz CT molecular complexity index is 437. The van der Waals surface area contributed by atoms with Gasteiger partial charge in [0.05, 0.1) is 7.05 Å². The Labute approximate surface area is 94.5 Å². The lowest BCUT2D eigenvalue weighted by Crippen LogP contribution is -2.19. The summed E-state index contributed by atoms with van der Waals surface area (Å²) in [6.45, 7) is 0. The van der Waals surface area contributed by atoms with Crippen molar-refractivity contribution in [2.24, 2.45) is 7.05 Å². The van der Waals surface area contributed by atoms with Gasteiger partial charge in [-0.25, -0.2) is 0 Å². The van der Waals surface area contributed by atoms with Gasteiger partial charge in [0, 0.05) is 12.5 Å². The molecular formula is C11H15N5. The van der Waals surface area contributed by atoms with Gasteiger partial charge in [-0.1, -0.05) is 30.3 Å². The van der Waals surface area contributed by atoms with Crippen LogP contribution in [0.15, 0.2) is 30.3 Å². The standard InChI is InChI=1S/C11H15N5/c1-12-10(9-6-4-3-5-7-9)8-11-13-15-16(2)14-11/h3-7,10,12H,8H2,1-2H3. The number of aromatic nitrogens is 4. The average Bonchev–Trinajstić information content (AvgIpc) is 2.73. The van der Waals surface area contributed by atoms with Crippen molar-refractivity contribution in [3.63, 3.8) is 0 Å². The van der Waals surface area contributed by atoms with Gasteiger partial charge in [-0.2, -0.15) is 4.80 Å². The Morgan fingerprint density at radius 3 is 2.62 bits per heavy atom. The van der Waals surface area contributed by atoms with Crippen LogP contribution in [0.2, 0.25) is 0 Å². The molecular weight excluding hydrogens is 202 g/mol. The number of rotatable bonds is 4. The van der Waals surface area contributed by atoms with Gasteiger partial charge in [-0.15, -0.1) is 10.2 Å². The summed E-state index contributed by atoms with van der Waals surface area (Å²) in [5.41, 5.74) is 1.23. The number of nitrogens with one attached hydrogen (secondary N) is 1. The number of benzene rings is 1. The molecule has 0 saturated carbocycles. The fraction of sp³-hybridized carbons (Fsp3) is 0.364. The molecule has 0 radical (unpaired) electrons. The maximum Gasteiger partial charge on any atom is 0.176 e. The van der Waals surface area contributed by atoms with Crippen molar-refractivity contribution in [1.29, 1.82) is 0 Å². The molecule has 1 heterocycles. The molecule has 0 amide bonds. The Morgan fingerprint density at radius 1 is 1.31 bits per heavy atom. The summed E-state index contributed by atoms with van der Waals surface area (Å²) in [5.74, 6) is 0.755. The molecule has 5 nitrogen and oxygen atoms in total. The fourth-order valence-electron chi connectivity index (χ4n) is 1.66. The van der Waals surface area contributed by atoms with Gasteiger partial charge in [0.25, 0.3) is 0 Å². The average molecular weight is 217 g/mol. The summed E-state index contributed by atoms with van der Waals surface area (Å²) >= 11 is 0. The van der Waals surface area contributed by atoms with Gasteiger partial charge in [0.1, 0.15) is 0 Å². The molecule has 2 rings (SSSR count). The van der Waals surface area contributed by atoms with Crippen molar-refractivity contribution in [2.75, 3.05) is 7.05 Å². The van der Waals surface area contributed by atoms with E-state index in [0.29, 0.717) is 0 Å². The lowest BCUT2D eigenvalue weighted by atomic mass is 10.0. The molecule has 16 heavy (non-hydrogen) atoms. The number of likely N-dealkylation sites (N-methyl/N-ethyl adjacent to an activating group) is 1. The lowest BCUT2D eigenvalue weighted by molar-refractivity contribution is 0.570. The van der Waals surface area contributed by atoms with Crippen molar-refractivity contribution >= 4 is 0 Å². The van der Waals surface area contributed by atoms with Crippen molar-refractivity contribution in [2.45, 2.75) is 12.5 Å². The number of hydrogen-bond acceptors (Lipinski definition) is 4. The normalized spacial score (nSPS) is 12.6. The topological polar surface area (TPSA) is 55.6 Å². The zero-order chi connectivity index (χ0) is 11.4. The second-order valence-corrected chi connectivity index (χ2v) is 3.65. The smallest absolute Gasteiger partial charge is 0.176 e. The molecule has 1 N–H and O–H groups in total. The van der Waals surface area contributed by atoms with Crippen LogP contribution in [0, 0.1) is 0 Å². The van der Waals surface area contributed by atoms with E-state index in [1.54, 1.807) is 7.05 Å². The minimum Gasteiger partial charge on any atom is -0.313 e. The maximum atomic E-state index is 4.18. The van der Waals surface area contributed by atoms with Crippen LogP contribution in [0.25, 0.3) is 0 Å². The molecule has 2 aromatic rings. The van der Waals surface area contributed by atoms with Gasteiger partial charge in [0.2, 0.25) is 0 Å². The quantitative estimate of drug-likeness (QED) is 0.819. The molecule has 0 saturated heterocycles. The Hall–Kier alpha value is -1.75. The van der Waals surface area contributed by atoms with Crippen LogP contribution >= 0.6 is 0 Å². The molecule has 1 aromatic carbocycles. The molecule has 0 fully saturated rings. The van der Waals surface area contributed by atoms with Crippen molar-refractivity contribution in [3.8, 4) is 0 Å². The first-order chi connectivity index (χ1) is 7.79. The minimum atomic E-state index is 0.227. The molecule has 1 atom stereocenters. The molecule has 84 valence electrons. The van der Waals surface area contributed by atoms with Crippen molar-refractivity contribution < 1.29 is 0 Å². The lowest BCUT2D eigenvalue weighted by Gasteiger charge is -2.14. The van der Waals surface area contributed by atoms with E-state index < -0.39 is 0 Å². The van der Waals surface area contributed by atoms with Crippen LogP contribution in [-0.2, 0) is 13.5 Å². The molecule has 0 spiro atoms. The highest BCUT2D eigenvalue weighted by atomic mass is 15.6. The highest BCUT2D eigenvalue weighted by Gasteiger charge is 2.12. The Kier molecular flexibility index (Phi) is 3.26. The van der Waals surface area contributed by atoms with Crippen LogP contribution in [0.3, 0.4) is 0 Å². The third-order valence-electron chi connectivity index (χ3n) is 2.49. The number of aryl methyl sites for hydroxylation is 1. The van der Waals surface area contributed by atoms with Crippen LogP contribution in [-0.4, -0.2) is 27.3 Å². The third kappa shape index (κ3) is 2.43. The largest absolute Gasteiger partial charge is 0.313 e. The van der Waals surface area contributed by atoms with Gasteiger partial charge in [0.15, 0.2) is 5.82 Å². The van der Waals surface area contributed by atoms with Crippen LogP contribution in [0.4, 0.5) is 0 Å². The van der Waals surface area contributed by atoms with E-state index >= 15 is 0 Å². The molecule has 0 aliphatic carbocycles. The monoisotopic (exact) mass is 217 g/mol.